The van der Waals surface area contributed by atoms with Crippen molar-refractivity contribution in [2.75, 3.05) is 13.7 Å². The molecule has 2 N–H and O–H groups in total. The Hall–Kier alpha value is -2.45. The highest BCUT2D eigenvalue weighted by molar-refractivity contribution is 7.20. The minimum Gasteiger partial charge on any atom is -0.465 e. The van der Waals surface area contributed by atoms with Crippen molar-refractivity contribution in [1.82, 2.24) is 14.5 Å². The zero-order valence-corrected chi connectivity index (χ0v) is 16.5. The van der Waals surface area contributed by atoms with Crippen molar-refractivity contribution in [1.29, 1.82) is 0 Å². The lowest BCUT2D eigenvalue weighted by molar-refractivity contribution is -0.933. The fourth-order valence-corrected chi connectivity index (χ4v) is 5.21. The first-order valence-corrected chi connectivity index (χ1v) is 9.87. The molecule has 1 saturated heterocycles. The van der Waals surface area contributed by atoms with E-state index in [0.717, 1.165) is 19.4 Å². The number of aryl methyl sites for hydroxylation is 2. The highest BCUT2D eigenvalue weighted by atomic mass is 32.1. The number of carbonyl (C=O) groups is 1. The molecule has 1 aliphatic rings. The van der Waals surface area contributed by atoms with Crippen LogP contribution in [0.5, 0.6) is 0 Å². The summed E-state index contributed by atoms with van der Waals surface area (Å²) in [5.74, 6) is 0.242. The smallest absolute Gasteiger partial charge is 0.348 e. The van der Waals surface area contributed by atoms with E-state index in [2.05, 4.69) is 39.9 Å². The monoisotopic (exact) mass is 387 g/mol. The summed E-state index contributed by atoms with van der Waals surface area (Å²) in [4.78, 5) is 34.6. The molecule has 142 valence electrons. The summed E-state index contributed by atoms with van der Waals surface area (Å²) in [5, 5.41) is 0.486. The van der Waals surface area contributed by atoms with Gasteiger partial charge in [-0.05, 0) is 24.6 Å². The lowest BCUT2D eigenvalue weighted by Crippen LogP contribution is -3.09. The molecule has 0 bridgehead atoms. The van der Waals surface area contributed by atoms with E-state index in [1.54, 1.807) is 6.92 Å². The number of carbonyl (C=O) groups excluding carboxylic acids is 1. The SMILES string of the molecule is COC(=O)c1sc2nc(C[NH+]3CCC[C@@H]3c3cccn3C)[nH]c(=O)c2c1C. The van der Waals surface area contributed by atoms with Gasteiger partial charge >= 0.3 is 5.97 Å². The van der Waals surface area contributed by atoms with Gasteiger partial charge in [0.1, 0.15) is 22.3 Å². The van der Waals surface area contributed by atoms with Crippen LogP contribution in [-0.4, -0.2) is 34.2 Å². The molecule has 1 fully saturated rings. The van der Waals surface area contributed by atoms with Gasteiger partial charge in [0.25, 0.3) is 5.56 Å². The number of hydrogen-bond acceptors (Lipinski definition) is 5. The number of aromatic amines is 1. The van der Waals surface area contributed by atoms with E-state index in [0.29, 0.717) is 39.1 Å². The summed E-state index contributed by atoms with van der Waals surface area (Å²) in [6.45, 7) is 3.47. The number of thiophene rings is 1. The number of methoxy groups -OCH3 is 1. The van der Waals surface area contributed by atoms with Gasteiger partial charge in [0.15, 0.2) is 5.82 Å². The van der Waals surface area contributed by atoms with Gasteiger partial charge in [-0.25, -0.2) is 9.78 Å². The van der Waals surface area contributed by atoms with Crippen LogP contribution in [0.1, 0.15) is 45.6 Å². The molecule has 4 heterocycles. The van der Waals surface area contributed by atoms with Crippen molar-refractivity contribution in [3.8, 4) is 0 Å². The molecule has 0 saturated carbocycles. The third-order valence-electron chi connectivity index (χ3n) is 5.44. The molecule has 2 atom stereocenters. The minimum absolute atomic E-state index is 0.187. The first-order valence-electron chi connectivity index (χ1n) is 9.06. The summed E-state index contributed by atoms with van der Waals surface area (Å²) >= 11 is 1.22. The number of fused-ring (bicyclic) bond motifs is 1. The third-order valence-corrected chi connectivity index (χ3v) is 6.61. The van der Waals surface area contributed by atoms with E-state index in [1.165, 1.54) is 29.0 Å². The van der Waals surface area contributed by atoms with Gasteiger partial charge in [0, 0.05) is 26.1 Å². The molecule has 3 aromatic rings. The molecule has 8 heteroatoms. The number of aromatic nitrogens is 3. The predicted octanol–water partition coefficient (Wildman–Crippen LogP) is 1.34. The van der Waals surface area contributed by atoms with Crippen LogP contribution in [-0.2, 0) is 18.3 Å². The van der Waals surface area contributed by atoms with Gasteiger partial charge in [-0.1, -0.05) is 0 Å². The number of ether oxygens (including phenoxy) is 1. The van der Waals surface area contributed by atoms with Crippen LogP contribution in [0.3, 0.4) is 0 Å². The molecule has 0 radical (unpaired) electrons. The predicted molar refractivity (Wildman–Crippen MR) is 103 cm³/mol. The molecular formula is C19H23N4O3S+. The second kappa shape index (κ2) is 6.94. The number of hydrogen-bond donors (Lipinski definition) is 2. The van der Waals surface area contributed by atoms with Crippen LogP contribution >= 0.6 is 11.3 Å². The summed E-state index contributed by atoms with van der Waals surface area (Å²) in [5.41, 5.74) is 1.76. The first kappa shape index (κ1) is 17.9. The standard InChI is InChI=1S/C19H22N4O3S/c1-11-15-17(24)20-14(21-18(15)27-16(11)19(25)26-3)10-23-9-5-7-13(23)12-6-4-8-22(12)2/h4,6,8,13H,5,7,9-10H2,1-3H3,(H,20,21,24)/p+1/t13-/m1/s1. The third kappa shape index (κ3) is 3.08. The van der Waals surface area contributed by atoms with Gasteiger partial charge in [0.2, 0.25) is 0 Å². The fourth-order valence-electron chi connectivity index (χ4n) is 4.09. The average molecular weight is 387 g/mol. The van der Waals surface area contributed by atoms with E-state index in [4.69, 9.17) is 4.74 Å². The van der Waals surface area contributed by atoms with Crippen LogP contribution in [0, 0.1) is 6.92 Å². The Labute approximate surface area is 160 Å². The summed E-state index contributed by atoms with van der Waals surface area (Å²) < 4.78 is 6.98. The zero-order chi connectivity index (χ0) is 19.1. The van der Waals surface area contributed by atoms with Crippen molar-refractivity contribution in [2.45, 2.75) is 32.4 Å². The van der Waals surface area contributed by atoms with Crippen molar-refractivity contribution in [3.05, 3.63) is 50.6 Å². The van der Waals surface area contributed by atoms with E-state index >= 15 is 0 Å². The van der Waals surface area contributed by atoms with Crippen molar-refractivity contribution in [2.24, 2.45) is 7.05 Å². The summed E-state index contributed by atoms with van der Waals surface area (Å²) in [7, 11) is 3.41. The van der Waals surface area contributed by atoms with Crippen LogP contribution in [0.4, 0.5) is 0 Å². The molecule has 0 spiro atoms. The number of likely N-dealkylation sites (tertiary alicyclic amines) is 1. The van der Waals surface area contributed by atoms with Crippen LogP contribution < -0.4 is 10.5 Å². The maximum Gasteiger partial charge on any atom is 0.348 e. The second-order valence-corrected chi connectivity index (χ2v) is 8.06. The lowest BCUT2D eigenvalue weighted by atomic mass is 10.1. The molecule has 3 aromatic heterocycles. The number of nitrogens with zero attached hydrogens (tertiary/aromatic N) is 2. The quantitative estimate of drug-likeness (QED) is 0.662. The van der Waals surface area contributed by atoms with Crippen molar-refractivity contribution >= 4 is 27.5 Å². The number of rotatable bonds is 4. The van der Waals surface area contributed by atoms with Gasteiger partial charge in [0.05, 0.1) is 24.7 Å². The topological polar surface area (TPSA) is 81.4 Å². The number of nitrogens with one attached hydrogen (secondary N) is 2. The highest BCUT2D eigenvalue weighted by Gasteiger charge is 2.32. The highest BCUT2D eigenvalue weighted by Crippen LogP contribution is 2.27. The molecular weight excluding hydrogens is 364 g/mol. The molecule has 1 aliphatic heterocycles. The average Bonchev–Trinajstić information content (AvgIpc) is 3.33. The Bertz CT molecular complexity index is 1060. The van der Waals surface area contributed by atoms with Crippen molar-refractivity contribution in [3.63, 3.8) is 0 Å². The van der Waals surface area contributed by atoms with E-state index in [-0.39, 0.29) is 5.56 Å². The fraction of sp³-hybridized carbons (Fsp3) is 0.421. The molecule has 4 rings (SSSR count). The Balaban J connectivity index is 1.67. The molecule has 0 aromatic carbocycles. The van der Waals surface area contributed by atoms with Crippen LogP contribution in [0.2, 0.25) is 0 Å². The molecule has 27 heavy (non-hydrogen) atoms. The van der Waals surface area contributed by atoms with Gasteiger partial charge < -0.3 is 19.2 Å². The molecule has 7 nitrogen and oxygen atoms in total. The second-order valence-electron chi connectivity index (χ2n) is 7.06. The summed E-state index contributed by atoms with van der Waals surface area (Å²) in [6.07, 6.45) is 4.35. The molecule has 1 unspecified atom stereocenters. The Kier molecular flexibility index (Phi) is 4.61. The number of quaternary nitrogens is 1. The number of esters is 1. The Morgan fingerprint density at radius 3 is 3.04 bits per heavy atom. The Morgan fingerprint density at radius 2 is 2.33 bits per heavy atom. The zero-order valence-electron chi connectivity index (χ0n) is 15.7. The summed E-state index contributed by atoms with van der Waals surface area (Å²) in [6, 6.07) is 4.64. The molecule has 0 aliphatic carbocycles. The van der Waals surface area contributed by atoms with Crippen molar-refractivity contribution < 1.29 is 14.4 Å². The molecule has 0 amide bonds. The van der Waals surface area contributed by atoms with Gasteiger partial charge in [-0.15, -0.1) is 11.3 Å². The van der Waals surface area contributed by atoms with Crippen LogP contribution in [0.15, 0.2) is 23.1 Å². The maximum atomic E-state index is 12.6. The van der Waals surface area contributed by atoms with Crippen LogP contribution in [0.25, 0.3) is 10.2 Å². The minimum atomic E-state index is -0.426. The Morgan fingerprint density at radius 1 is 1.52 bits per heavy atom. The maximum absolute atomic E-state index is 12.6. The normalized spacial score (nSPS) is 19.7. The number of H-pyrrole nitrogens is 1. The largest absolute Gasteiger partial charge is 0.465 e. The van der Waals surface area contributed by atoms with Gasteiger partial charge in [-0.2, -0.15) is 0 Å². The van der Waals surface area contributed by atoms with E-state index in [1.807, 2.05) is 0 Å². The first-order chi connectivity index (χ1) is 13.0. The lowest BCUT2D eigenvalue weighted by Gasteiger charge is -2.21. The van der Waals surface area contributed by atoms with E-state index in [9.17, 15) is 9.59 Å². The van der Waals surface area contributed by atoms with E-state index < -0.39 is 5.97 Å². The van der Waals surface area contributed by atoms with Gasteiger partial charge in [-0.3, -0.25) is 4.79 Å².